The lowest BCUT2D eigenvalue weighted by atomic mass is 9.36. The molecule has 0 spiro atoms. The number of nitrogens with zero attached hydrogens (tertiary/aromatic N) is 2. The summed E-state index contributed by atoms with van der Waals surface area (Å²) in [5.74, 6) is 1.67. The van der Waals surface area contributed by atoms with E-state index < -0.39 is 0 Å². The average molecular weight is 675 g/mol. The molecule has 3 aliphatic heterocycles. The summed E-state index contributed by atoms with van der Waals surface area (Å²) >= 11 is 1.94. The van der Waals surface area contributed by atoms with Crippen LogP contribution in [0.1, 0.15) is 69.4 Å². The smallest absolute Gasteiger partial charge is 0.264 e. The van der Waals surface area contributed by atoms with E-state index in [-0.39, 0.29) is 24.3 Å². The van der Waals surface area contributed by atoms with Gasteiger partial charge in [-0.1, -0.05) is 84.0 Å². The summed E-state index contributed by atoms with van der Waals surface area (Å²) in [6, 6.07) is 32.4. The molecule has 9 rings (SSSR count). The number of thiophene rings is 1. The van der Waals surface area contributed by atoms with Gasteiger partial charge in [0.1, 0.15) is 0 Å². The molecular formula is C44H43BN2O2S. The first-order valence-corrected chi connectivity index (χ1v) is 18.5. The molecule has 6 heteroatoms. The van der Waals surface area contributed by atoms with Crippen molar-refractivity contribution in [3.8, 4) is 11.5 Å². The number of fused-ring (bicyclic) bond motifs is 7. The molecule has 250 valence electrons. The molecule has 50 heavy (non-hydrogen) atoms. The first-order valence-electron chi connectivity index (χ1n) is 17.7. The molecule has 0 unspecified atom stereocenters. The van der Waals surface area contributed by atoms with Crippen LogP contribution in [-0.2, 0) is 10.8 Å². The second-order valence-corrected chi connectivity index (χ2v) is 17.4. The van der Waals surface area contributed by atoms with E-state index in [0.717, 1.165) is 17.1 Å². The van der Waals surface area contributed by atoms with Crippen molar-refractivity contribution in [2.24, 2.45) is 0 Å². The summed E-state index contributed by atoms with van der Waals surface area (Å²) in [6.45, 7) is 20.8. The van der Waals surface area contributed by atoms with Crippen molar-refractivity contribution in [2.45, 2.75) is 73.1 Å². The lowest BCUT2D eigenvalue weighted by Gasteiger charge is -2.44. The molecule has 0 fully saturated rings. The van der Waals surface area contributed by atoms with Gasteiger partial charge in [-0.25, -0.2) is 0 Å². The SMILES string of the molecule is Cc1cc2c3c(c1)N(c1c(C)cc4c(c1C)OCO4)c1c(sc4ccccc14)B3c1cc(C(C)(C)C)ccc1N2c1ccc(C(C)(C)C)cc1. The molecular weight excluding hydrogens is 631 g/mol. The van der Waals surface area contributed by atoms with Crippen LogP contribution in [0.25, 0.3) is 10.1 Å². The van der Waals surface area contributed by atoms with Crippen LogP contribution in [0.15, 0.2) is 84.9 Å². The number of benzene rings is 5. The molecule has 0 N–H and O–H groups in total. The molecule has 4 nitrogen and oxygen atoms in total. The molecule has 0 radical (unpaired) electrons. The Morgan fingerprint density at radius 1 is 0.680 bits per heavy atom. The van der Waals surface area contributed by atoms with Crippen LogP contribution in [0, 0.1) is 20.8 Å². The van der Waals surface area contributed by atoms with Crippen molar-refractivity contribution >= 4 is 78.0 Å². The minimum absolute atomic E-state index is 0.00894. The van der Waals surface area contributed by atoms with E-state index in [9.17, 15) is 0 Å². The third-order valence-electron chi connectivity index (χ3n) is 10.9. The van der Waals surface area contributed by atoms with Crippen LogP contribution in [-0.4, -0.2) is 13.5 Å². The number of ether oxygens (including phenoxy) is 2. The zero-order chi connectivity index (χ0) is 34.9. The van der Waals surface area contributed by atoms with Crippen LogP contribution in [0.3, 0.4) is 0 Å². The van der Waals surface area contributed by atoms with Gasteiger partial charge in [-0.3, -0.25) is 0 Å². The zero-order valence-corrected chi connectivity index (χ0v) is 31.3. The van der Waals surface area contributed by atoms with Crippen molar-refractivity contribution in [1.82, 2.24) is 0 Å². The van der Waals surface area contributed by atoms with Crippen molar-refractivity contribution in [1.29, 1.82) is 0 Å². The summed E-state index contributed by atoms with van der Waals surface area (Å²) in [6.07, 6.45) is 0. The number of hydrogen-bond donors (Lipinski definition) is 0. The Hall–Kier alpha value is -4.68. The van der Waals surface area contributed by atoms with E-state index in [0.29, 0.717) is 0 Å². The lowest BCUT2D eigenvalue weighted by Crippen LogP contribution is -2.60. The Morgan fingerprint density at radius 2 is 1.36 bits per heavy atom. The van der Waals surface area contributed by atoms with Gasteiger partial charge >= 0.3 is 0 Å². The van der Waals surface area contributed by atoms with Gasteiger partial charge in [0, 0.05) is 43.2 Å². The largest absolute Gasteiger partial charge is 0.454 e. The summed E-state index contributed by atoms with van der Waals surface area (Å²) < 4.78 is 14.7. The Balaban J connectivity index is 1.40. The van der Waals surface area contributed by atoms with Gasteiger partial charge in [-0.05, 0) is 107 Å². The fraction of sp³-hybridized carbons (Fsp3) is 0.273. The standard InChI is InChI=1S/C44H43BN2O2S/c1-25-20-34-38-35(21-25)47(39-26(2)22-36-41(27(39)3)49-24-48-36)40-31-12-10-11-13-37(31)50-42(40)45(38)32-23-29(44(7,8)9)16-19-33(32)46(34)30-17-14-28(15-18-30)43(4,5)6/h10-23H,24H2,1-9H3. The molecule has 0 saturated heterocycles. The van der Waals surface area contributed by atoms with Gasteiger partial charge in [-0.15, -0.1) is 11.3 Å². The second kappa shape index (κ2) is 10.7. The van der Waals surface area contributed by atoms with Crippen LogP contribution in [0.4, 0.5) is 34.1 Å². The van der Waals surface area contributed by atoms with Gasteiger partial charge in [0.05, 0.1) is 11.4 Å². The predicted octanol–water partition coefficient (Wildman–Crippen LogP) is 10.2. The molecule has 0 amide bonds. The topological polar surface area (TPSA) is 24.9 Å². The highest BCUT2D eigenvalue weighted by atomic mass is 32.1. The molecule has 6 aromatic rings. The zero-order valence-electron chi connectivity index (χ0n) is 30.5. The average Bonchev–Trinajstić information content (AvgIpc) is 3.69. The fourth-order valence-electron chi connectivity index (χ4n) is 8.36. The van der Waals surface area contributed by atoms with Crippen molar-refractivity contribution in [3.05, 3.63) is 113 Å². The van der Waals surface area contributed by atoms with E-state index in [1.54, 1.807) is 0 Å². The minimum Gasteiger partial charge on any atom is -0.454 e. The van der Waals surface area contributed by atoms with Crippen LogP contribution in [0.5, 0.6) is 11.5 Å². The Labute approximate surface area is 300 Å². The molecule has 0 bridgehead atoms. The molecule has 3 aliphatic rings. The maximum absolute atomic E-state index is 6.11. The highest BCUT2D eigenvalue weighted by Crippen LogP contribution is 2.52. The highest BCUT2D eigenvalue weighted by Gasteiger charge is 2.46. The summed E-state index contributed by atoms with van der Waals surface area (Å²) in [5.41, 5.74) is 16.3. The number of rotatable bonds is 2. The van der Waals surface area contributed by atoms with Gasteiger partial charge in [0.2, 0.25) is 6.79 Å². The van der Waals surface area contributed by atoms with Crippen molar-refractivity contribution in [3.63, 3.8) is 0 Å². The molecule has 0 aliphatic carbocycles. The van der Waals surface area contributed by atoms with Gasteiger partial charge < -0.3 is 19.3 Å². The predicted molar refractivity (Wildman–Crippen MR) is 214 cm³/mol. The van der Waals surface area contributed by atoms with E-state index in [1.807, 2.05) is 11.3 Å². The highest BCUT2D eigenvalue weighted by molar-refractivity contribution is 7.33. The number of anilines is 6. The molecule has 5 aromatic carbocycles. The first kappa shape index (κ1) is 31.3. The van der Waals surface area contributed by atoms with Crippen LogP contribution < -0.4 is 35.0 Å². The van der Waals surface area contributed by atoms with Crippen LogP contribution >= 0.6 is 11.3 Å². The van der Waals surface area contributed by atoms with E-state index in [1.165, 1.54) is 82.2 Å². The first-order chi connectivity index (χ1) is 23.8. The maximum Gasteiger partial charge on any atom is 0.264 e. The molecule has 4 heterocycles. The normalized spacial score (nSPS) is 14.6. The Bertz CT molecular complexity index is 2380. The summed E-state index contributed by atoms with van der Waals surface area (Å²) in [4.78, 5) is 5.08. The van der Waals surface area contributed by atoms with E-state index in [4.69, 9.17) is 9.47 Å². The monoisotopic (exact) mass is 674 g/mol. The van der Waals surface area contributed by atoms with Gasteiger partial charge in [-0.2, -0.15) is 0 Å². The fourth-order valence-corrected chi connectivity index (χ4v) is 9.68. The summed E-state index contributed by atoms with van der Waals surface area (Å²) in [7, 11) is 0. The third kappa shape index (κ3) is 4.50. The summed E-state index contributed by atoms with van der Waals surface area (Å²) in [5, 5.41) is 1.28. The number of aryl methyl sites for hydroxylation is 2. The Morgan fingerprint density at radius 3 is 2.08 bits per heavy atom. The Kier molecular flexibility index (Phi) is 6.68. The van der Waals surface area contributed by atoms with Crippen LogP contribution in [0.2, 0.25) is 0 Å². The maximum atomic E-state index is 6.11. The van der Waals surface area contributed by atoms with Gasteiger partial charge in [0.25, 0.3) is 6.71 Å². The second-order valence-electron chi connectivity index (χ2n) is 16.4. The molecule has 0 saturated carbocycles. The lowest BCUT2D eigenvalue weighted by molar-refractivity contribution is 0.173. The number of hydrogen-bond acceptors (Lipinski definition) is 5. The van der Waals surface area contributed by atoms with Crippen molar-refractivity contribution in [2.75, 3.05) is 16.6 Å². The van der Waals surface area contributed by atoms with E-state index >= 15 is 0 Å². The quantitative estimate of drug-likeness (QED) is 0.171. The third-order valence-corrected chi connectivity index (χ3v) is 12.1. The minimum atomic E-state index is 0.00894. The van der Waals surface area contributed by atoms with Gasteiger partial charge in [0.15, 0.2) is 11.5 Å². The van der Waals surface area contributed by atoms with E-state index in [2.05, 4.69) is 157 Å². The molecule has 1 aromatic heterocycles. The van der Waals surface area contributed by atoms with Crippen molar-refractivity contribution < 1.29 is 9.47 Å². The molecule has 0 atom stereocenters.